The summed E-state index contributed by atoms with van der Waals surface area (Å²) in [6.07, 6.45) is 0. The average Bonchev–Trinajstić information content (AvgIpc) is 2.58. The first-order valence-electron chi connectivity index (χ1n) is 7.60. The number of ether oxygens (including phenoxy) is 1. The van der Waals surface area contributed by atoms with Crippen LogP contribution in [0.25, 0.3) is 0 Å². The Morgan fingerprint density at radius 3 is 2.31 bits per heavy atom. The quantitative estimate of drug-likeness (QED) is 0.655. The number of halogens is 3. The van der Waals surface area contributed by atoms with E-state index < -0.39 is 27.9 Å². The van der Waals surface area contributed by atoms with E-state index in [0.717, 1.165) is 12.1 Å². The molecular weight excluding hydrogens is 404 g/mol. The lowest BCUT2D eigenvalue weighted by Gasteiger charge is -2.29. The van der Waals surface area contributed by atoms with Crippen LogP contribution >= 0.6 is 23.2 Å². The Hall–Kier alpha value is -1.83. The Bertz CT molecular complexity index is 903. The van der Waals surface area contributed by atoms with E-state index in [-0.39, 0.29) is 22.2 Å². The van der Waals surface area contributed by atoms with Gasteiger partial charge in [-0.2, -0.15) is 0 Å². The molecule has 0 aliphatic carbocycles. The van der Waals surface area contributed by atoms with Crippen LogP contribution in [-0.4, -0.2) is 27.0 Å². The van der Waals surface area contributed by atoms with E-state index in [1.807, 2.05) is 0 Å². The molecule has 0 aromatic heterocycles. The zero-order valence-electron chi connectivity index (χ0n) is 13.9. The standard InChI is InChI=1S/C17H16Cl2FNO4S/c1-3-25-17(22)11(2)21(16-10-13(19)6-9-15(16)20)26(23,24)14-7-4-12(18)5-8-14/h4-11H,3H2,1-2H3. The number of carbonyl (C=O) groups excluding carboxylic acids is 1. The van der Waals surface area contributed by atoms with Gasteiger partial charge in [0.2, 0.25) is 0 Å². The highest BCUT2D eigenvalue weighted by Gasteiger charge is 2.36. The molecule has 1 atom stereocenters. The molecule has 0 saturated heterocycles. The molecule has 0 aliphatic heterocycles. The Morgan fingerprint density at radius 1 is 1.15 bits per heavy atom. The van der Waals surface area contributed by atoms with Gasteiger partial charge in [0, 0.05) is 10.0 Å². The third-order valence-corrected chi connectivity index (χ3v) is 5.88. The van der Waals surface area contributed by atoms with Gasteiger partial charge < -0.3 is 4.74 Å². The summed E-state index contributed by atoms with van der Waals surface area (Å²) >= 11 is 11.7. The van der Waals surface area contributed by atoms with Gasteiger partial charge in [-0.25, -0.2) is 21.9 Å². The van der Waals surface area contributed by atoms with Crippen LogP contribution in [0.2, 0.25) is 10.0 Å². The lowest BCUT2D eigenvalue weighted by molar-refractivity contribution is -0.144. The maximum absolute atomic E-state index is 14.4. The molecule has 0 heterocycles. The van der Waals surface area contributed by atoms with Crippen LogP contribution in [0.4, 0.5) is 10.1 Å². The third-order valence-electron chi connectivity index (χ3n) is 3.50. The number of hydrogen-bond acceptors (Lipinski definition) is 4. The number of nitrogens with zero attached hydrogens (tertiary/aromatic N) is 1. The summed E-state index contributed by atoms with van der Waals surface area (Å²) in [4.78, 5) is 12.0. The highest BCUT2D eigenvalue weighted by Crippen LogP contribution is 2.31. The van der Waals surface area contributed by atoms with Gasteiger partial charge in [0.15, 0.2) is 0 Å². The van der Waals surface area contributed by atoms with Crippen molar-refractivity contribution in [3.8, 4) is 0 Å². The van der Waals surface area contributed by atoms with E-state index >= 15 is 0 Å². The van der Waals surface area contributed by atoms with E-state index in [4.69, 9.17) is 27.9 Å². The Kier molecular flexibility index (Phi) is 6.49. The van der Waals surface area contributed by atoms with Gasteiger partial charge in [-0.3, -0.25) is 0 Å². The lowest BCUT2D eigenvalue weighted by Crippen LogP contribution is -2.44. The van der Waals surface area contributed by atoms with E-state index in [1.165, 1.54) is 37.3 Å². The molecule has 2 aromatic rings. The van der Waals surface area contributed by atoms with Crippen molar-refractivity contribution in [1.82, 2.24) is 0 Å². The van der Waals surface area contributed by atoms with Gasteiger partial charge in [0.05, 0.1) is 17.2 Å². The molecule has 2 aromatic carbocycles. The zero-order valence-corrected chi connectivity index (χ0v) is 16.3. The van der Waals surface area contributed by atoms with Crippen LogP contribution in [0.15, 0.2) is 47.4 Å². The maximum Gasteiger partial charge on any atom is 0.329 e. The second kappa shape index (κ2) is 8.24. The predicted molar refractivity (Wildman–Crippen MR) is 98.6 cm³/mol. The van der Waals surface area contributed by atoms with Crippen molar-refractivity contribution in [1.29, 1.82) is 0 Å². The minimum Gasteiger partial charge on any atom is -0.464 e. The smallest absolute Gasteiger partial charge is 0.329 e. The van der Waals surface area contributed by atoms with Crippen molar-refractivity contribution in [3.63, 3.8) is 0 Å². The van der Waals surface area contributed by atoms with Crippen LogP contribution in [0.3, 0.4) is 0 Å². The third kappa shape index (κ3) is 4.28. The minimum atomic E-state index is -4.30. The van der Waals surface area contributed by atoms with Gasteiger partial charge >= 0.3 is 5.97 Å². The fourth-order valence-electron chi connectivity index (χ4n) is 2.28. The molecule has 2 rings (SSSR count). The zero-order chi connectivity index (χ0) is 19.5. The van der Waals surface area contributed by atoms with Crippen LogP contribution in [-0.2, 0) is 19.6 Å². The van der Waals surface area contributed by atoms with Crippen LogP contribution in [0.1, 0.15) is 13.8 Å². The van der Waals surface area contributed by atoms with Crippen molar-refractivity contribution in [2.24, 2.45) is 0 Å². The molecule has 0 bridgehead atoms. The van der Waals surface area contributed by atoms with Crippen molar-refractivity contribution in [2.75, 3.05) is 10.9 Å². The monoisotopic (exact) mass is 419 g/mol. The van der Waals surface area contributed by atoms with Crippen molar-refractivity contribution in [2.45, 2.75) is 24.8 Å². The van der Waals surface area contributed by atoms with E-state index in [2.05, 4.69) is 0 Å². The first-order chi connectivity index (χ1) is 12.2. The SMILES string of the molecule is CCOC(=O)C(C)N(c1cc(Cl)ccc1F)S(=O)(=O)c1ccc(Cl)cc1. The predicted octanol–water partition coefficient (Wildman–Crippen LogP) is 4.28. The summed E-state index contributed by atoms with van der Waals surface area (Å²) in [5.41, 5.74) is -0.354. The largest absolute Gasteiger partial charge is 0.464 e. The van der Waals surface area contributed by atoms with Crippen LogP contribution in [0, 0.1) is 5.82 Å². The molecule has 5 nitrogen and oxygen atoms in total. The molecular formula is C17H16Cl2FNO4S. The summed E-state index contributed by atoms with van der Waals surface area (Å²) in [5.74, 6) is -1.66. The molecule has 140 valence electrons. The second-order valence-electron chi connectivity index (χ2n) is 5.28. The summed E-state index contributed by atoms with van der Waals surface area (Å²) in [5, 5.41) is 0.455. The van der Waals surface area contributed by atoms with Gasteiger partial charge in [-0.05, 0) is 56.3 Å². The molecule has 0 spiro atoms. The summed E-state index contributed by atoms with van der Waals surface area (Å²) in [7, 11) is -4.30. The number of rotatable bonds is 6. The molecule has 0 aliphatic rings. The number of carbonyl (C=O) groups is 1. The highest BCUT2D eigenvalue weighted by molar-refractivity contribution is 7.93. The van der Waals surface area contributed by atoms with E-state index in [9.17, 15) is 17.6 Å². The molecule has 0 saturated carbocycles. The average molecular weight is 420 g/mol. The molecule has 0 radical (unpaired) electrons. The first kappa shape index (κ1) is 20.5. The van der Waals surface area contributed by atoms with E-state index in [0.29, 0.717) is 9.33 Å². The van der Waals surface area contributed by atoms with Gasteiger partial charge in [-0.15, -0.1) is 0 Å². The van der Waals surface area contributed by atoms with Gasteiger partial charge in [-0.1, -0.05) is 23.2 Å². The molecule has 0 fully saturated rings. The van der Waals surface area contributed by atoms with Crippen molar-refractivity contribution in [3.05, 3.63) is 58.3 Å². The Morgan fingerprint density at radius 2 is 1.73 bits per heavy atom. The van der Waals surface area contributed by atoms with Crippen molar-refractivity contribution < 1.29 is 22.3 Å². The fraction of sp³-hybridized carbons (Fsp3) is 0.235. The number of benzene rings is 2. The minimum absolute atomic E-state index is 0.0516. The summed E-state index contributed by atoms with van der Waals surface area (Å²) in [6, 6.07) is 7.44. The van der Waals surface area contributed by atoms with Crippen molar-refractivity contribution >= 4 is 44.9 Å². The summed E-state index contributed by atoms with van der Waals surface area (Å²) < 4.78 is 46.2. The molecule has 0 N–H and O–H groups in total. The highest BCUT2D eigenvalue weighted by atomic mass is 35.5. The van der Waals surface area contributed by atoms with Crippen LogP contribution < -0.4 is 4.31 Å². The van der Waals surface area contributed by atoms with Gasteiger partial charge in [0.1, 0.15) is 11.9 Å². The topological polar surface area (TPSA) is 63.7 Å². The molecule has 26 heavy (non-hydrogen) atoms. The second-order valence-corrected chi connectivity index (χ2v) is 7.97. The fourth-order valence-corrected chi connectivity index (χ4v) is 4.18. The Balaban J connectivity index is 2.65. The maximum atomic E-state index is 14.4. The lowest BCUT2D eigenvalue weighted by atomic mass is 10.2. The molecule has 9 heteroatoms. The number of sulfonamides is 1. The number of esters is 1. The van der Waals surface area contributed by atoms with Gasteiger partial charge in [0.25, 0.3) is 10.0 Å². The Labute approximate surface area is 161 Å². The number of hydrogen-bond donors (Lipinski definition) is 0. The van der Waals surface area contributed by atoms with E-state index in [1.54, 1.807) is 6.92 Å². The molecule has 0 amide bonds. The van der Waals surface area contributed by atoms with Crippen LogP contribution in [0.5, 0.6) is 0 Å². The molecule has 1 unspecified atom stereocenters. The number of anilines is 1. The first-order valence-corrected chi connectivity index (χ1v) is 9.79. The summed E-state index contributed by atoms with van der Waals surface area (Å²) in [6.45, 7) is 2.95. The normalized spacial score (nSPS) is 12.5.